The van der Waals surface area contributed by atoms with Crippen LogP contribution in [0.15, 0.2) is 42.1 Å². The minimum absolute atomic E-state index is 0.139. The molecule has 0 aromatic carbocycles. The highest BCUT2D eigenvalue weighted by atomic mass is 16.6. The second-order valence-corrected chi connectivity index (χ2v) is 10.5. The first-order chi connectivity index (χ1) is 17.0. The summed E-state index contributed by atoms with van der Waals surface area (Å²) in [4.78, 5) is 27.5. The second-order valence-electron chi connectivity index (χ2n) is 10.5. The summed E-state index contributed by atoms with van der Waals surface area (Å²) in [6, 6.07) is 3.33. The Morgan fingerprint density at radius 3 is 2.61 bits per heavy atom. The number of carboxylic acid groups (broad SMARTS) is 1. The number of hydrogen-bond donors (Lipinski definition) is 4. The van der Waals surface area contributed by atoms with Crippen molar-refractivity contribution < 1.29 is 39.1 Å². The van der Waals surface area contributed by atoms with E-state index >= 15 is 0 Å². The molecule has 9 nitrogen and oxygen atoms in total. The molecule has 1 aromatic heterocycles. The lowest BCUT2D eigenvalue weighted by atomic mass is 9.57. The van der Waals surface area contributed by atoms with E-state index in [1.165, 1.54) is 7.11 Å². The number of nitrogens with one attached hydrogen (secondary N) is 1. The third-order valence-corrected chi connectivity index (χ3v) is 8.46. The van der Waals surface area contributed by atoms with Crippen molar-refractivity contribution in [1.29, 1.82) is 0 Å². The van der Waals surface area contributed by atoms with Gasteiger partial charge in [0.15, 0.2) is 6.10 Å². The zero-order valence-electron chi connectivity index (χ0n) is 21.3. The molecule has 0 radical (unpaired) electrons. The number of carbonyl (C=O) groups is 2. The van der Waals surface area contributed by atoms with Crippen LogP contribution in [0.2, 0.25) is 0 Å². The number of esters is 1. The predicted octanol–water partition coefficient (Wildman–Crippen LogP) is 2.56. The van der Waals surface area contributed by atoms with E-state index in [2.05, 4.69) is 4.98 Å². The van der Waals surface area contributed by atoms with Gasteiger partial charge in [-0.2, -0.15) is 0 Å². The molecule has 0 amide bonds. The predicted molar refractivity (Wildman–Crippen MR) is 130 cm³/mol. The standard InChI is InChI=1S/C27H37NO8/c1-13(16(4)29)11-14(2)27-17(12-20(34-5)25(31)32)8-9-18-21(27)22(30)15(3)23(24(18)36-27)35-26(33)19-7-6-10-28-19/h6-11,13,15-18,20-24,28-30H,12H2,1-5H3,(H,31,32)/b14-11+/t13-,15-,16?,17-,18-,20+,21+,22-,23-,24-,27+/m1/s1. The summed E-state index contributed by atoms with van der Waals surface area (Å²) in [5.41, 5.74) is 0.0838. The van der Waals surface area contributed by atoms with E-state index in [4.69, 9.17) is 14.2 Å². The van der Waals surface area contributed by atoms with Crippen molar-refractivity contribution in [2.45, 2.75) is 70.2 Å². The number of aromatic nitrogens is 1. The van der Waals surface area contributed by atoms with Crippen molar-refractivity contribution >= 4 is 11.9 Å². The Kier molecular flexibility index (Phi) is 7.48. The number of aliphatic hydroxyl groups is 2. The topological polar surface area (TPSA) is 138 Å². The molecule has 1 unspecified atom stereocenters. The van der Waals surface area contributed by atoms with Crippen LogP contribution in [0.1, 0.15) is 44.6 Å². The summed E-state index contributed by atoms with van der Waals surface area (Å²) in [5.74, 6) is -3.23. The number of carboxylic acids is 1. The zero-order chi connectivity index (χ0) is 26.4. The van der Waals surface area contributed by atoms with E-state index in [0.29, 0.717) is 5.69 Å². The van der Waals surface area contributed by atoms with Crippen molar-refractivity contribution in [3.8, 4) is 0 Å². The van der Waals surface area contributed by atoms with Crippen LogP contribution in [0.4, 0.5) is 0 Å². The summed E-state index contributed by atoms with van der Waals surface area (Å²) < 4.78 is 18.0. The Balaban J connectivity index is 1.76. The molecule has 4 bridgehead atoms. The van der Waals surface area contributed by atoms with Crippen molar-refractivity contribution in [1.82, 2.24) is 4.98 Å². The summed E-state index contributed by atoms with van der Waals surface area (Å²) in [6.45, 7) is 7.36. The molecular formula is C27H37NO8. The first-order valence-electron chi connectivity index (χ1n) is 12.5. The molecule has 4 N–H and O–H groups in total. The van der Waals surface area contributed by atoms with Crippen molar-refractivity contribution in [3.63, 3.8) is 0 Å². The molecule has 3 aliphatic rings. The quantitative estimate of drug-likeness (QED) is 0.298. The number of rotatable bonds is 9. The maximum Gasteiger partial charge on any atom is 0.355 e. The number of aromatic amines is 1. The minimum Gasteiger partial charge on any atom is -0.479 e. The van der Waals surface area contributed by atoms with Crippen molar-refractivity contribution in [2.24, 2.45) is 29.6 Å². The van der Waals surface area contributed by atoms with Crippen LogP contribution in [0.3, 0.4) is 0 Å². The smallest absolute Gasteiger partial charge is 0.355 e. The monoisotopic (exact) mass is 503 g/mol. The Morgan fingerprint density at radius 1 is 1.31 bits per heavy atom. The van der Waals surface area contributed by atoms with Gasteiger partial charge in [-0.3, -0.25) is 0 Å². The van der Waals surface area contributed by atoms with Gasteiger partial charge in [0, 0.05) is 42.9 Å². The fourth-order valence-electron chi connectivity index (χ4n) is 6.34. The lowest BCUT2D eigenvalue weighted by Crippen LogP contribution is -2.57. The second kappa shape index (κ2) is 10.1. The largest absolute Gasteiger partial charge is 0.479 e. The highest BCUT2D eigenvalue weighted by molar-refractivity contribution is 5.87. The van der Waals surface area contributed by atoms with Gasteiger partial charge in [0.25, 0.3) is 0 Å². The molecule has 1 aliphatic heterocycles. The molecule has 1 aromatic rings. The number of aliphatic hydroxyl groups excluding tert-OH is 2. The number of H-pyrrole nitrogens is 1. The fraction of sp³-hybridized carbons (Fsp3) is 0.630. The number of ether oxygens (including phenoxy) is 3. The van der Waals surface area contributed by atoms with E-state index < -0.39 is 59.9 Å². The maximum absolute atomic E-state index is 12.8. The van der Waals surface area contributed by atoms with Crippen LogP contribution in [-0.4, -0.2) is 75.5 Å². The Labute approximate surface area is 211 Å². The van der Waals surface area contributed by atoms with Crippen LogP contribution in [0.5, 0.6) is 0 Å². The van der Waals surface area contributed by atoms with E-state index in [-0.39, 0.29) is 24.2 Å². The average Bonchev–Trinajstić information content (AvgIpc) is 3.43. The van der Waals surface area contributed by atoms with Gasteiger partial charge >= 0.3 is 11.9 Å². The summed E-state index contributed by atoms with van der Waals surface area (Å²) >= 11 is 0. The number of methoxy groups -OCH3 is 1. The molecule has 198 valence electrons. The fourth-order valence-corrected chi connectivity index (χ4v) is 6.34. The molecule has 2 fully saturated rings. The van der Waals surface area contributed by atoms with Gasteiger partial charge in [0.05, 0.1) is 12.2 Å². The third kappa shape index (κ3) is 4.32. The van der Waals surface area contributed by atoms with Crippen LogP contribution < -0.4 is 0 Å². The van der Waals surface area contributed by atoms with E-state index in [1.807, 2.05) is 39.0 Å². The van der Waals surface area contributed by atoms with Crippen LogP contribution in [-0.2, 0) is 19.0 Å². The molecule has 1 saturated heterocycles. The van der Waals surface area contributed by atoms with Crippen molar-refractivity contribution in [2.75, 3.05) is 7.11 Å². The number of aliphatic carboxylic acids is 1. The Bertz CT molecular complexity index is 1020. The van der Waals surface area contributed by atoms with Crippen LogP contribution in [0, 0.1) is 29.6 Å². The molecule has 9 heteroatoms. The van der Waals surface area contributed by atoms with Gasteiger partial charge in [-0.25, -0.2) is 9.59 Å². The average molecular weight is 504 g/mol. The van der Waals surface area contributed by atoms with Crippen LogP contribution >= 0.6 is 0 Å². The van der Waals surface area contributed by atoms with Gasteiger partial charge in [-0.05, 0) is 38.0 Å². The molecular weight excluding hydrogens is 466 g/mol. The lowest BCUT2D eigenvalue weighted by molar-refractivity contribution is -0.151. The Hall–Kier alpha value is -2.46. The van der Waals surface area contributed by atoms with Crippen LogP contribution in [0.25, 0.3) is 0 Å². The summed E-state index contributed by atoms with van der Waals surface area (Å²) in [6.07, 6.45) is 3.87. The SMILES string of the molecule is CO[C@@H](C[C@H]1C=C[C@H]2[C@H]3O[C@]1(/C(C)=C/[C@@H](C)C(C)O)[C@@H]2[C@H](O)[C@@H](C)[C@H]3OC(=O)c1ccc[nH]1)C(=O)O. The van der Waals surface area contributed by atoms with E-state index in [1.54, 1.807) is 25.3 Å². The first-order valence-corrected chi connectivity index (χ1v) is 12.5. The van der Waals surface area contributed by atoms with Gasteiger partial charge in [-0.15, -0.1) is 0 Å². The highest BCUT2D eigenvalue weighted by Crippen LogP contribution is 2.61. The normalized spacial score (nSPS) is 37.9. The number of carbonyl (C=O) groups excluding carboxylic acids is 1. The van der Waals surface area contributed by atoms with Gasteiger partial charge in [0.2, 0.25) is 0 Å². The first kappa shape index (κ1) is 26.6. The summed E-state index contributed by atoms with van der Waals surface area (Å²) in [5, 5.41) is 31.5. The molecule has 0 spiro atoms. The lowest BCUT2D eigenvalue weighted by Gasteiger charge is -2.48. The number of hydrogen-bond acceptors (Lipinski definition) is 7. The van der Waals surface area contributed by atoms with E-state index in [0.717, 1.165) is 5.57 Å². The van der Waals surface area contributed by atoms with E-state index in [9.17, 15) is 24.9 Å². The Morgan fingerprint density at radius 2 is 2.03 bits per heavy atom. The maximum atomic E-state index is 12.8. The minimum atomic E-state index is -1.07. The molecule has 36 heavy (non-hydrogen) atoms. The summed E-state index contributed by atoms with van der Waals surface area (Å²) in [7, 11) is 1.36. The molecule has 11 atom stereocenters. The zero-order valence-corrected chi connectivity index (χ0v) is 21.3. The van der Waals surface area contributed by atoms with Gasteiger partial charge < -0.3 is 34.5 Å². The molecule has 2 aliphatic carbocycles. The molecule has 4 rings (SSSR count). The third-order valence-electron chi connectivity index (χ3n) is 8.46. The van der Waals surface area contributed by atoms with Gasteiger partial charge in [0.1, 0.15) is 23.5 Å². The molecule has 2 heterocycles. The van der Waals surface area contributed by atoms with Crippen molar-refractivity contribution in [3.05, 3.63) is 47.8 Å². The highest BCUT2D eigenvalue weighted by Gasteiger charge is 2.68. The van der Waals surface area contributed by atoms with Gasteiger partial charge in [-0.1, -0.05) is 32.1 Å². The molecule has 1 saturated carbocycles.